The summed E-state index contributed by atoms with van der Waals surface area (Å²) in [6.45, 7) is 14.3. The van der Waals surface area contributed by atoms with E-state index in [2.05, 4.69) is 15.2 Å². The Kier molecular flexibility index (Phi) is 6.31. The molecule has 0 radical (unpaired) electrons. The molecule has 4 rings (SSSR count). The summed E-state index contributed by atoms with van der Waals surface area (Å²) in [5.41, 5.74) is 1.71. The molecular formula is C25H36N6O3. The quantitative estimate of drug-likeness (QED) is 0.722. The third-order valence-electron chi connectivity index (χ3n) is 5.88. The fourth-order valence-corrected chi connectivity index (χ4v) is 3.95. The van der Waals surface area contributed by atoms with Crippen molar-refractivity contribution in [2.45, 2.75) is 71.4 Å². The van der Waals surface area contributed by atoms with Crippen LogP contribution in [0.25, 0.3) is 0 Å². The molecule has 0 spiro atoms. The van der Waals surface area contributed by atoms with Crippen LogP contribution in [0.3, 0.4) is 0 Å². The van der Waals surface area contributed by atoms with Gasteiger partial charge in [0.1, 0.15) is 17.1 Å². The predicted octanol–water partition coefficient (Wildman–Crippen LogP) is 4.22. The summed E-state index contributed by atoms with van der Waals surface area (Å²) in [5, 5.41) is 7.63. The number of amides is 2. The van der Waals surface area contributed by atoms with Crippen molar-refractivity contribution in [2.24, 2.45) is 0 Å². The molecular weight excluding hydrogens is 432 g/mol. The topological polar surface area (TPSA) is 92.6 Å². The van der Waals surface area contributed by atoms with Crippen LogP contribution in [-0.4, -0.2) is 63.4 Å². The van der Waals surface area contributed by atoms with Gasteiger partial charge in [0.15, 0.2) is 0 Å². The number of carbonyl (C=O) groups is 2. The van der Waals surface area contributed by atoms with Crippen molar-refractivity contribution in [3.63, 3.8) is 0 Å². The van der Waals surface area contributed by atoms with Crippen LogP contribution in [0.5, 0.6) is 0 Å². The van der Waals surface area contributed by atoms with E-state index in [0.29, 0.717) is 43.6 Å². The van der Waals surface area contributed by atoms with Crippen molar-refractivity contribution in [3.8, 4) is 0 Å². The molecule has 1 N–H and O–H groups in total. The van der Waals surface area contributed by atoms with Gasteiger partial charge in [-0.3, -0.25) is 9.48 Å². The van der Waals surface area contributed by atoms with Gasteiger partial charge in [0.05, 0.1) is 23.1 Å². The maximum Gasteiger partial charge on any atom is 0.410 e. The van der Waals surface area contributed by atoms with E-state index in [1.165, 1.54) is 0 Å². The minimum atomic E-state index is -0.498. The molecule has 2 aromatic heterocycles. The highest BCUT2D eigenvalue weighted by Gasteiger charge is 2.31. The van der Waals surface area contributed by atoms with Gasteiger partial charge in [0, 0.05) is 32.1 Å². The van der Waals surface area contributed by atoms with E-state index in [0.717, 1.165) is 24.2 Å². The number of nitrogens with one attached hydrogen (secondary N) is 1. The highest BCUT2D eigenvalue weighted by Crippen LogP contribution is 2.40. The lowest BCUT2D eigenvalue weighted by Crippen LogP contribution is -2.50. The Hall–Kier alpha value is -3.10. The number of pyridine rings is 1. The highest BCUT2D eigenvalue weighted by atomic mass is 16.6. The second kappa shape index (κ2) is 8.92. The third kappa shape index (κ3) is 5.69. The number of piperazine rings is 1. The van der Waals surface area contributed by atoms with E-state index in [-0.39, 0.29) is 17.5 Å². The first-order valence-corrected chi connectivity index (χ1v) is 12.0. The predicted molar refractivity (Wildman–Crippen MR) is 131 cm³/mol. The number of carbonyl (C=O) groups excluding carboxylic acids is 2. The Bertz CT molecular complexity index is 1040. The smallest absolute Gasteiger partial charge is 0.410 e. The maximum atomic E-state index is 13.1. The second-order valence-corrected chi connectivity index (χ2v) is 11.1. The zero-order valence-corrected chi connectivity index (χ0v) is 21.1. The molecule has 1 aliphatic heterocycles. The molecule has 9 nitrogen and oxygen atoms in total. The first kappa shape index (κ1) is 24.0. The molecule has 2 aromatic rings. The van der Waals surface area contributed by atoms with Crippen molar-refractivity contribution in [1.82, 2.24) is 19.7 Å². The van der Waals surface area contributed by atoms with Crippen LogP contribution in [0.2, 0.25) is 0 Å². The molecule has 0 unspecified atom stereocenters. The minimum Gasteiger partial charge on any atom is -0.444 e. The molecule has 3 heterocycles. The number of hydrogen-bond donors (Lipinski definition) is 1. The average molecular weight is 469 g/mol. The number of anilines is 2. The van der Waals surface area contributed by atoms with Crippen molar-refractivity contribution >= 4 is 23.5 Å². The largest absolute Gasteiger partial charge is 0.444 e. The van der Waals surface area contributed by atoms with Gasteiger partial charge in [0.2, 0.25) is 0 Å². The van der Waals surface area contributed by atoms with Crippen LogP contribution in [0, 0.1) is 0 Å². The summed E-state index contributed by atoms with van der Waals surface area (Å²) in [5.74, 6) is 0.764. The number of rotatable bonds is 4. The molecule has 2 aliphatic rings. The van der Waals surface area contributed by atoms with Crippen LogP contribution >= 0.6 is 0 Å². The summed E-state index contributed by atoms with van der Waals surface area (Å²) < 4.78 is 7.28. The summed E-state index contributed by atoms with van der Waals surface area (Å²) in [6, 6.07) is 5.67. The van der Waals surface area contributed by atoms with E-state index in [9.17, 15) is 9.59 Å². The number of nitrogens with zero attached hydrogens (tertiary/aromatic N) is 5. The Balaban J connectivity index is 1.37. The lowest BCUT2D eigenvalue weighted by molar-refractivity contribution is 0.0240. The summed E-state index contributed by atoms with van der Waals surface area (Å²) in [7, 11) is 0. The lowest BCUT2D eigenvalue weighted by atomic mass is 10.1. The van der Waals surface area contributed by atoms with E-state index in [1.807, 2.05) is 64.4 Å². The molecule has 9 heteroatoms. The molecule has 0 aromatic carbocycles. The van der Waals surface area contributed by atoms with Gasteiger partial charge in [-0.2, -0.15) is 5.10 Å². The first-order valence-electron chi connectivity index (χ1n) is 12.0. The van der Waals surface area contributed by atoms with Crippen LogP contribution in [0.4, 0.5) is 16.3 Å². The molecule has 0 bridgehead atoms. The van der Waals surface area contributed by atoms with Crippen molar-refractivity contribution < 1.29 is 14.3 Å². The van der Waals surface area contributed by atoms with E-state index in [4.69, 9.17) is 9.84 Å². The Morgan fingerprint density at radius 2 is 1.71 bits per heavy atom. The fourth-order valence-electron chi connectivity index (χ4n) is 3.95. The maximum absolute atomic E-state index is 13.1. The average Bonchev–Trinajstić information content (AvgIpc) is 3.50. The Labute approximate surface area is 201 Å². The Morgan fingerprint density at radius 1 is 1.03 bits per heavy atom. The molecule has 184 valence electrons. The molecule has 0 atom stereocenters. The van der Waals surface area contributed by atoms with Gasteiger partial charge in [-0.15, -0.1) is 0 Å². The van der Waals surface area contributed by atoms with Crippen LogP contribution in [-0.2, 0) is 10.3 Å². The zero-order chi connectivity index (χ0) is 24.7. The van der Waals surface area contributed by atoms with Crippen molar-refractivity contribution in [1.29, 1.82) is 0 Å². The molecule has 2 fully saturated rings. The SMILES string of the molecule is CC(C)(C)OC(=O)N1CCN(c2ccc(NC(=O)c3cc(C4CC4)nn3C(C)(C)C)nc2)CC1. The zero-order valence-electron chi connectivity index (χ0n) is 21.1. The molecule has 1 aliphatic carbocycles. The van der Waals surface area contributed by atoms with Gasteiger partial charge in [-0.05, 0) is 72.6 Å². The third-order valence-corrected chi connectivity index (χ3v) is 5.88. The van der Waals surface area contributed by atoms with E-state index in [1.54, 1.807) is 11.1 Å². The monoisotopic (exact) mass is 468 g/mol. The first-order chi connectivity index (χ1) is 15.9. The van der Waals surface area contributed by atoms with E-state index >= 15 is 0 Å². The highest BCUT2D eigenvalue weighted by molar-refractivity contribution is 6.02. The van der Waals surface area contributed by atoms with E-state index < -0.39 is 5.60 Å². The normalized spacial score (nSPS) is 17.0. The lowest BCUT2D eigenvalue weighted by Gasteiger charge is -2.36. The van der Waals surface area contributed by atoms with Gasteiger partial charge in [-0.25, -0.2) is 9.78 Å². The van der Waals surface area contributed by atoms with Gasteiger partial charge >= 0.3 is 6.09 Å². The summed E-state index contributed by atoms with van der Waals surface area (Å²) >= 11 is 0. The van der Waals surface area contributed by atoms with Crippen LogP contribution < -0.4 is 10.2 Å². The minimum absolute atomic E-state index is 0.208. The second-order valence-electron chi connectivity index (χ2n) is 11.1. The fraction of sp³-hybridized carbons (Fsp3) is 0.600. The van der Waals surface area contributed by atoms with Crippen molar-refractivity contribution in [3.05, 3.63) is 35.8 Å². The summed E-state index contributed by atoms with van der Waals surface area (Å²) in [6.07, 6.45) is 3.76. The van der Waals surface area contributed by atoms with Crippen molar-refractivity contribution in [2.75, 3.05) is 36.4 Å². The molecule has 2 amide bonds. The number of ether oxygens (including phenoxy) is 1. The molecule has 1 saturated heterocycles. The van der Waals surface area contributed by atoms with Gasteiger partial charge < -0.3 is 19.9 Å². The van der Waals surface area contributed by atoms with Gasteiger partial charge in [0.25, 0.3) is 5.91 Å². The number of aromatic nitrogens is 3. The molecule has 34 heavy (non-hydrogen) atoms. The molecule has 1 saturated carbocycles. The summed E-state index contributed by atoms with van der Waals surface area (Å²) in [4.78, 5) is 33.7. The standard InChI is InChI=1S/C25H36N6O3/c1-24(2,3)31-20(15-19(28-31)17-7-8-17)22(32)27-21-10-9-18(16-26-21)29-11-13-30(14-12-29)23(33)34-25(4,5)6/h9-10,15-17H,7-8,11-14H2,1-6H3,(H,26,27,32). The number of hydrogen-bond acceptors (Lipinski definition) is 6. The van der Waals surface area contributed by atoms with Crippen LogP contribution in [0.15, 0.2) is 24.4 Å². The van der Waals surface area contributed by atoms with Gasteiger partial charge in [-0.1, -0.05) is 0 Å². The Morgan fingerprint density at radius 3 is 2.24 bits per heavy atom. The van der Waals surface area contributed by atoms with Crippen LogP contribution in [0.1, 0.15) is 76.5 Å².